The van der Waals surface area contributed by atoms with E-state index >= 15 is 0 Å². The Morgan fingerprint density at radius 1 is 1.08 bits per heavy atom. The number of carbonyl (C=O) groups excluding carboxylic acids is 2. The number of amides is 2. The van der Waals surface area contributed by atoms with Crippen molar-refractivity contribution in [3.8, 4) is 11.1 Å². The molecule has 0 bridgehead atoms. The SMILES string of the molecule is C[C@@H](NC(=O)c1cnn2ccc(-c3c[nH]c4ncc(C(=O)Nc5cncc(F)c5)cc34)cc12)C(F)(F)F. The highest BCUT2D eigenvalue weighted by Gasteiger charge is 2.37. The lowest BCUT2D eigenvalue weighted by molar-refractivity contribution is -0.149. The van der Waals surface area contributed by atoms with Crippen LogP contribution in [-0.2, 0) is 0 Å². The number of hydrogen-bond acceptors (Lipinski definition) is 5. The van der Waals surface area contributed by atoms with Crippen molar-refractivity contribution in [1.82, 2.24) is 29.9 Å². The molecule has 5 aromatic rings. The number of hydrogen-bond donors (Lipinski definition) is 3. The Morgan fingerprint density at radius 3 is 2.65 bits per heavy atom. The second-order valence-corrected chi connectivity index (χ2v) is 8.21. The summed E-state index contributed by atoms with van der Waals surface area (Å²) in [7, 11) is 0. The van der Waals surface area contributed by atoms with Gasteiger partial charge in [-0.15, -0.1) is 0 Å². The van der Waals surface area contributed by atoms with Gasteiger partial charge in [0.05, 0.1) is 40.9 Å². The Balaban J connectivity index is 1.48. The second kappa shape index (κ2) is 9.00. The molecule has 2 amide bonds. The standard InChI is InChI=1S/C24H17F4N7O2/c1-12(24(26,27)28)33-23(37)19-11-32-35-3-2-13(5-20(19)35)18-10-31-21-17(18)4-14(7-30-21)22(36)34-16-6-15(25)8-29-9-16/h2-12H,1H3,(H,30,31)(H,33,37)(H,34,36)/t12-/m1/s1. The van der Waals surface area contributed by atoms with Crippen LogP contribution in [-0.4, -0.2) is 48.6 Å². The van der Waals surface area contributed by atoms with Gasteiger partial charge in [0.15, 0.2) is 0 Å². The zero-order valence-electron chi connectivity index (χ0n) is 19.0. The van der Waals surface area contributed by atoms with Crippen molar-refractivity contribution in [2.75, 3.05) is 5.32 Å². The first-order valence-electron chi connectivity index (χ1n) is 10.8. The van der Waals surface area contributed by atoms with E-state index in [-0.39, 0.29) is 16.8 Å². The van der Waals surface area contributed by atoms with Gasteiger partial charge in [-0.25, -0.2) is 13.9 Å². The van der Waals surface area contributed by atoms with Gasteiger partial charge in [-0.05, 0) is 30.7 Å². The van der Waals surface area contributed by atoms with Gasteiger partial charge in [0.25, 0.3) is 11.8 Å². The summed E-state index contributed by atoms with van der Waals surface area (Å²) in [6, 6.07) is 3.99. The number of rotatable bonds is 5. The average molecular weight is 511 g/mol. The van der Waals surface area contributed by atoms with Crippen molar-refractivity contribution in [2.45, 2.75) is 19.1 Å². The monoisotopic (exact) mass is 511 g/mol. The highest BCUT2D eigenvalue weighted by atomic mass is 19.4. The summed E-state index contributed by atoms with van der Waals surface area (Å²) in [6.07, 6.45) is 3.50. The Labute approximate surface area is 205 Å². The normalized spacial score (nSPS) is 12.6. The van der Waals surface area contributed by atoms with Gasteiger partial charge in [-0.2, -0.15) is 18.3 Å². The number of aromatic amines is 1. The molecule has 0 unspecified atom stereocenters. The van der Waals surface area contributed by atoms with Crippen LogP contribution in [0.1, 0.15) is 27.6 Å². The summed E-state index contributed by atoms with van der Waals surface area (Å²) in [6.45, 7) is 0.854. The fraction of sp³-hybridized carbons (Fsp3) is 0.125. The molecule has 5 aromatic heterocycles. The predicted octanol–water partition coefficient (Wildman–Crippen LogP) is 4.34. The van der Waals surface area contributed by atoms with Crippen LogP contribution >= 0.6 is 0 Å². The summed E-state index contributed by atoms with van der Waals surface area (Å²) in [5.41, 5.74) is 2.35. The molecule has 5 heterocycles. The Bertz CT molecular complexity index is 1660. The molecule has 3 N–H and O–H groups in total. The van der Waals surface area contributed by atoms with Crippen molar-refractivity contribution < 1.29 is 27.2 Å². The number of nitrogens with zero attached hydrogens (tertiary/aromatic N) is 4. The summed E-state index contributed by atoms with van der Waals surface area (Å²) < 4.78 is 53.5. The van der Waals surface area contributed by atoms with Crippen LogP contribution in [0.25, 0.3) is 27.7 Å². The van der Waals surface area contributed by atoms with E-state index < -0.39 is 29.8 Å². The van der Waals surface area contributed by atoms with E-state index in [1.807, 2.05) is 5.32 Å². The predicted molar refractivity (Wildman–Crippen MR) is 125 cm³/mol. The minimum Gasteiger partial charge on any atom is -0.346 e. The number of pyridine rings is 3. The Hall–Kier alpha value is -4.81. The van der Waals surface area contributed by atoms with Crippen LogP contribution in [0.2, 0.25) is 0 Å². The van der Waals surface area contributed by atoms with E-state index in [9.17, 15) is 27.2 Å². The smallest absolute Gasteiger partial charge is 0.346 e. The van der Waals surface area contributed by atoms with Crippen LogP contribution in [0, 0.1) is 5.82 Å². The number of H-pyrrole nitrogens is 1. The minimum absolute atomic E-state index is 0.0281. The lowest BCUT2D eigenvalue weighted by Crippen LogP contribution is -2.43. The van der Waals surface area contributed by atoms with Crippen molar-refractivity contribution in [2.24, 2.45) is 0 Å². The summed E-state index contributed by atoms with van der Waals surface area (Å²) in [4.78, 5) is 36.2. The van der Waals surface area contributed by atoms with Crippen LogP contribution in [0.15, 0.2) is 61.4 Å². The molecule has 9 nitrogen and oxygen atoms in total. The second-order valence-electron chi connectivity index (χ2n) is 8.21. The van der Waals surface area contributed by atoms with Gasteiger partial charge < -0.3 is 15.6 Å². The first-order chi connectivity index (χ1) is 17.6. The van der Waals surface area contributed by atoms with Gasteiger partial charge in [0, 0.05) is 35.6 Å². The summed E-state index contributed by atoms with van der Waals surface area (Å²) >= 11 is 0. The van der Waals surface area contributed by atoms with Crippen LogP contribution in [0.3, 0.4) is 0 Å². The van der Waals surface area contributed by atoms with Crippen LogP contribution < -0.4 is 10.6 Å². The molecule has 0 fully saturated rings. The third kappa shape index (κ3) is 4.70. The molecule has 0 saturated heterocycles. The molecule has 1 atom stereocenters. The van der Waals surface area contributed by atoms with Crippen molar-refractivity contribution >= 4 is 34.1 Å². The molecule has 13 heteroatoms. The van der Waals surface area contributed by atoms with E-state index in [4.69, 9.17) is 0 Å². The van der Waals surface area contributed by atoms with Gasteiger partial charge in [-0.3, -0.25) is 14.6 Å². The number of carbonyl (C=O) groups is 2. The number of alkyl halides is 3. The van der Waals surface area contributed by atoms with Gasteiger partial charge >= 0.3 is 6.18 Å². The lowest BCUT2D eigenvalue weighted by Gasteiger charge is -2.16. The van der Waals surface area contributed by atoms with E-state index in [0.717, 1.165) is 19.2 Å². The van der Waals surface area contributed by atoms with Crippen LogP contribution in [0.4, 0.5) is 23.2 Å². The van der Waals surface area contributed by atoms with Gasteiger partial charge in [-0.1, -0.05) is 0 Å². The van der Waals surface area contributed by atoms with E-state index in [0.29, 0.717) is 27.7 Å². The number of aromatic nitrogens is 5. The molecule has 0 aromatic carbocycles. The molecular formula is C24H17F4N7O2. The molecule has 188 valence electrons. The Morgan fingerprint density at radius 2 is 1.89 bits per heavy atom. The summed E-state index contributed by atoms with van der Waals surface area (Å²) in [5, 5.41) is 9.11. The fourth-order valence-electron chi connectivity index (χ4n) is 3.73. The number of anilines is 1. The molecule has 37 heavy (non-hydrogen) atoms. The Kier molecular flexibility index (Phi) is 5.82. The first-order valence-corrected chi connectivity index (χ1v) is 10.8. The van der Waals surface area contributed by atoms with Crippen LogP contribution in [0.5, 0.6) is 0 Å². The van der Waals surface area contributed by atoms with Crippen molar-refractivity contribution in [1.29, 1.82) is 0 Å². The molecule has 5 rings (SSSR count). The number of fused-ring (bicyclic) bond motifs is 2. The first kappa shape index (κ1) is 23.9. The number of nitrogens with one attached hydrogen (secondary N) is 3. The third-order valence-corrected chi connectivity index (χ3v) is 5.67. The molecular weight excluding hydrogens is 494 g/mol. The minimum atomic E-state index is -4.59. The van der Waals surface area contributed by atoms with E-state index in [2.05, 4.69) is 25.4 Å². The molecule has 0 spiro atoms. The molecule has 0 radical (unpaired) electrons. The van der Waals surface area contributed by atoms with Gasteiger partial charge in [0.2, 0.25) is 0 Å². The fourth-order valence-corrected chi connectivity index (χ4v) is 3.73. The zero-order valence-corrected chi connectivity index (χ0v) is 19.0. The maximum Gasteiger partial charge on any atom is 0.408 e. The average Bonchev–Trinajstić information content (AvgIpc) is 3.46. The van der Waals surface area contributed by atoms with Crippen molar-refractivity contribution in [3.63, 3.8) is 0 Å². The molecule has 0 aliphatic rings. The molecule has 0 aliphatic heterocycles. The highest BCUT2D eigenvalue weighted by molar-refractivity contribution is 6.07. The quantitative estimate of drug-likeness (QED) is 0.304. The van der Waals surface area contributed by atoms with Gasteiger partial charge in [0.1, 0.15) is 17.5 Å². The molecule has 0 aliphatic carbocycles. The van der Waals surface area contributed by atoms with E-state index in [1.54, 1.807) is 30.6 Å². The lowest BCUT2D eigenvalue weighted by atomic mass is 10.0. The molecule has 0 saturated carbocycles. The largest absolute Gasteiger partial charge is 0.408 e. The zero-order chi connectivity index (χ0) is 26.3. The number of halogens is 4. The van der Waals surface area contributed by atoms with E-state index in [1.165, 1.54) is 23.1 Å². The highest BCUT2D eigenvalue weighted by Crippen LogP contribution is 2.30. The third-order valence-electron chi connectivity index (χ3n) is 5.67. The van der Waals surface area contributed by atoms with Crippen molar-refractivity contribution in [3.05, 3.63) is 78.4 Å². The maximum absolute atomic E-state index is 13.4. The topological polar surface area (TPSA) is 117 Å². The maximum atomic E-state index is 13.4. The summed E-state index contributed by atoms with van der Waals surface area (Å²) in [5.74, 6) is -2.04.